The summed E-state index contributed by atoms with van der Waals surface area (Å²) < 4.78 is 9.81. The Balaban J connectivity index is 2.80. The summed E-state index contributed by atoms with van der Waals surface area (Å²) in [4.78, 5) is 11.5. The van der Waals surface area contributed by atoms with Gasteiger partial charge in [-0.2, -0.15) is 0 Å². The van der Waals surface area contributed by atoms with Crippen LogP contribution in [-0.4, -0.2) is 26.6 Å². The molecule has 1 aliphatic carbocycles. The molecule has 0 aliphatic heterocycles. The average molecular weight is 182 g/mol. The maximum atomic E-state index is 11.5. The first-order valence-electron chi connectivity index (χ1n) is 4.14. The number of rotatable bonds is 3. The van der Waals surface area contributed by atoms with E-state index in [0.717, 1.165) is 11.1 Å². The van der Waals surface area contributed by atoms with Crippen LogP contribution in [0.5, 0.6) is 0 Å². The van der Waals surface area contributed by atoms with Gasteiger partial charge >= 0.3 is 0 Å². The van der Waals surface area contributed by atoms with E-state index in [1.54, 1.807) is 14.2 Å². The average Bonchev–Trinajstić information content (AvgIpc) is 2.36. The van der Waals surface area contributed by atoms with Gasteiger partial charge in [-0.05, 0) is 18.1 Å². The number of carbonyl (C=O) groups is 1. The van der Waals surface area contributed by atoms with Crippen LogP contribution in [0, 0.1) is 0 Å². The molecule has 0 unspecified atom stereocenters. The van der Waals surface area contributed by atoms with Gasteiger partial charge < -0.3 is 9.47 Å². The van der Waals surface area contributed by atoms with Gasteiger partial charge in [0, 0.05) is 19.1 Å². The van der Waals surface area contributed by atoms with Crippen molar-refractivity contribution in [2.45, 2.75) is 13.3 Å². The number of allylic oxidation sites excluding steroid dienone is 2. The minimum Gasteiger partial charge on any atom is -0.504 e. The van der Waals surface area contributed by atoms with Crippen LogP contribution < -0.4 is 0 Å². The van der Waals surface area contributed by atoms with E-state index in [-0.39, 0.29) is 5.78 Å². The van der Waals surface area contributed by atoms with Gasteiger partial charge in [-0.3, -0.25) is 4.79 Å². The predicted octanol–water partition coefficient (Wildman–Crippen LogP) is 1.45. The highest BCUT2D eigenvalue weighted by Gasteiger charge is 2.24. The van der Waals surface area contributed by atoms with Crippen molar-refractivity contribution in [3.8, 4) is 0 Å². The number of hydrogen-bond acceptors (Lipinski definition) is 3. The first-order valence-corrected chi connectivity index (χ1v) is 4.14. The third-order valence-corrected chi connectivity index (χ3v) is 2.15. The molecule has 0 aromatic rings. The molecule has 3 heteroatoms. The molecule has 1 aliphatic rings. The smallest absolute Gasteiger partial charge is 0.188 e. The lowest BCUT2D eigenvalue weighted by molar-refractivity contribution is -0.112. The zero-order valence-electron chi connectivity index (χ0n) is 8.22. The summed E-state index contributed by atoms with van der Waals surface area (Å²) in [5, 5.41) is 0. The van der Waals surface area contributed by atoms with Crippen molar-refractivity contribution in [2.24, 2.45) is 0 Å². The molecule has 3 nitrogen and oxygen atoms in total. The van der Waals surface area contributed by atoms with Crippen LogP contribution in [-0.2, 0) is 14.3 Å². The van der Waals surface area contributed by atoms with Crippen LogP contribution in [0.3, 0.4) is 0 Å². The number of carbonyl (C=O) groups excluding carboxylic acids is 1. The predicted molar refractivity (Wildman–Crippen MR) is 49.3 cm³/mol. The molecule has 0 radical (unpaired) electrons. The van der Waals surface area contributed by atoms with Gasteiger partial charge in [-0.1, -0.05) is 0 Å². The van der Waals surface area contributed by atoms with Crippen LogP contribution in [0.2, 0.25) is 0 Å². The third kappa shape index (κ3) is 1.98. The van der Waals surface area contributed by atoms with Gasteiger partial charge in [0.2, 0.25) is 0 Å². The fourth-order valence-electron chi connectivity index (χ4n) is 1.42. The van der Waals surface area contributed by atoms with E-state index in [2.05, 4.69) is 0 Å². The summed E-state index contributed by atoms with van der Waals surface area (Å²) in [6, 6.07) is 0. The van der Waals surface area contributed by atoms with Gasteiger partial charge in [0.1, 0.15) is 0 Å². The second kappa shape index (κ2) is 4.23. The van der Waals surface area contributed by atoms with Gasteiger partial charge in [-0.15, -0.1) is 0 Å². The zero-order chi connectivity index (χ0) is 9.84. The van der Waals surface area contributed by atoms with Crippen LogP contribution in [0.25, 0.3) is 0 Å². The molecule has 0 aromatic carbocycles. The Morgan fingerprint density at radius 2 is 2.15 bits per heavy atom. The Morgan fingerprint density at radius 1 is 1.46 bits per heavy atom. The van der Waals surface area contributed by atoms with Crippen LogP contribution in [0.1, 0.15) is 13.3 Å². The van der Waals surface area contributed by atoms with Crippen molar-refractivity contribution < 1.29 is 14.3 Å². The normalized spacial score (nSPS) is 20.2. The molecular formula is C10H14O3. The largest absolute Gasteiger partial charge is 0.504 e. The van der Waals surface area contributed by atoms with E-state index in [1.807, 2.05) is 6.92 Å². The Hall–Kier alpha value is -1.09. The first-order chi connectivity index (χ1) is 6.20. The topological polar surface area (TPSA) is 35.5 Å². The minimum atomic E-state index is 0.0777. The SMILES string of the molecule is CO/C=C1\CC(COC)=C(C)C1=O. The van der Waals surface area contributed by atoms with E-state index in [0.29, 0.717) is 18.6 Å². The second-order valence-corrected chi connectivity index (χ2v) is 3.05. The van der Waals surface area contributed by atoms with Crippen LogP contribution in [0.15, 0.2) is 23.0 Å². The van der Waals surface area contributed by atoms with E-state index in [9.17, 15) is 4.79 Å². The summed E-state index contributed by atoms with van der Waals surface area (Å²) in [5.41, 5.74) is 2.56. The van der Waals surface area contributed by atoms with Gasteiger partial charge in [0.15, 0.2) is 5.78 Å². The van der Waals surface area contributed by atoms with Gasteiger partial charge in [-0.25, -0.2) is 0 Å². The van der Waals surface area contributed by atoms with Crippen LogP contribution in [0.4, 0.5) is 0 Å². The summed E-state index contributed by atoms with van der Waals surface area (Å²) in [6.07, 6.45) is 2.17. The fraction of sp³-hybridized carbons (Fsp3) is 0.500. The third-order valence-electron chi connectivity index (χ3n) is 2.15. The summed E-state index contributed by atoms with van der Waals surface area (Å²) >= 11 is 0. The van der Waals surface area contributed by atoms with Crippen molar-refractivity contribution in [3.05, 3.63) is 23.0 Å². The Kier molecular flexibility index (Phi) is 3.25. The molecule has 0 saturated heterocycles. The zero-order valence-corrected chi connectivity index (χ0v) is 8.22. The quantitative estimate of drug-likeness (QED) is 0.489. The lowest BCUT2D eigenvalue weighted by Crippen LogP contribution is -1.96. The standard InChI is InChI=1S/C10H14O3/c1-7-8(5-12-2)4-9(6-13-3)10(7)11/h6H,4-5H2,1-3H3/b9-6+. The summed E-state index contributed by atoms with van der Waals surface area (Å²) in [6.45, 7) is 2.35. The van der Waals surface area contributed by atoms with Gasteiger partial charge in [0.25, 0.3) is 0 Å². The maximum Gasteiger partial charge on any atom is 0.188 e. The summed E-state index contributed by atoms with van der Waals surface area (Å²) in [5.74, 6) is 0.0777. The molecule has 0 aromatic heterocycles. The molecule has 0 N–H and O–H groups in total. The monoisotopic (exact) mass is 182 g/mol. The van der Waals surface area contributed by atoms with E-state index < -0.39 is 0 Å². The molecule has 0 bridgehead atoms. The number of methoxy groups -OCH3 is 2. The van der Waals surface area contributed by atoms with Crippen molar-refractivity contribution in [3.63, 3.8) is 0 Å². The Morgan fingerprint density at radius 3 is 2.69 bits per heavy atom. The molecule has 13 heavy (non-hydrogen) atoms. The molecule has 1 rings (SSSR count). The van der Waals surface area contributed by atoms with E-state index >= 15 is 0 Å². The molecule has 0 amide bonds. The number of Topliss-reactive ketones (excluding diaryl/α,β-unsaturated/α-hetero) is 1. The highest BCUT2D eigenvalue weighted by molar-refractivity contribution is 6.11. The molecule has 0 atom stereocenters. The number of ether oxygens (including phenoxy) is 2. The van der Waals surface area contributed by atoms with Crippen LogP contribution >= 0.6 is 0 Å². The number of ketones is 1. The molecule has 72 valence electrons. The van der Waals surface area contributed by atoms with E-state index in [4.69, 9.17) is 9.47 Å². The first kappa shape index (κ1) is 9.99. The molecule has 0 fully saturated rings. The maximum absolute atomic E-state index is 11.5. The summed E-state index contributed by atoms with van der Waals surface area (Å²) in [7, 11) is 3.17. The van der Waals surface area contributed by atoms with Crippen molar-refractivity contribution in [1.29, 1.82) is 0 Å². The lowest BCUT2D eigenvalue weighted by atomic mass is 10.2. The van der Waals surface area contributed by atoms with Crippen molar-refractivity contribution in [1.82, 2.24) is 0 Å². The van der Waals surface area contributed by atoms with Gasteiger partial charge in [0.05, 0.1) is 20.0 Å². The highest BCUT2D eigenvalue weighted by atomic mass is 16.5. The molecule has 0 spiro atoms. The molecule has 0 saturated carbocycles. The highest BCUT2D eigenvalue weighted by Crippen LogP contribution is 2.27. The fourth-order valence-corrected chi connectivity index (χ4v) is 1.42. The van der Waals surface area contributed by atoms with E-state index in [1.165, 1.54) is 6.26 Å². The van der Waals surface area contributed by atoms with Crippen molar-refractivity contribution >= 4 is 5.78 Å². The molecule has 0 heterocycles. The second-order valence-electron chi connectivity index (χ2n) is 3.05. The Labute approximate surface area is 78.0 Å². The van der Waals surface area contributed by atoms with Crippen molar-refractivity contribution in [2.75, 3.05) is 20.8 Å². The minimum absolute atomic E-state index is 0.0777. The lowest BCUT2D eigenvalue weighted by Gasteiger charge is -1.98. The molecular weight excluding hydrogens is 168 g/mol. The Bertz CT molecular complexity index is 274. The number of hydrogen-bond donors (Lipinski definition) is 0.